The number of anilines is 1. The molecule has 0 bridgehead atoms. The van der Waals surface area contributed by atoms with E-state index in [9.17, 15) is 4.79 Å². The highest BCUT2D eigenvalue weighted by Crippen LogP contribution is 2.19. The van der Waals surface area contributed by atoms with Gasteiger partial charge in [0.2, 0.25) is 5.91 Å². The molecule has 26 heavy (non-hydrogen) atoms. The van der Waals surface area contributed by atoms with E-state index in [2.05, 4.69) is 32.9 Å². The number of carbonyl (C=O) groups is 1. The minimum absolute atomic E-state index is 0. The van der Waals surface area contributed by atoms with Crippen LogP contribution in [-0.2, 0) is 4.79 Å². The van der Waals surface area contributed by atoms with E-state index in [-0.39, 0.29) is 36.4 Å². The number of aliphatic imine (C=N–C) groups is 1. The molecule has 0 aromatic heterocycles. The van der Waals surface area contributed by atoms with Crippen molar-refractivity contribution in [2.24, 2.45) is 4.99 Å². The molecule has 2 rings (SSSR count). The van der Waals surface area contributed by atoms with Crippen LogP contribution in [0.2, 0.25) is 0 Å². The number of rotatable bonds is 6. The Morgan fingerprint density at radius 3 is 2.85 bits per heavy atom. The molecule has 0 heterocycles. The predicted octanol–water partition coefficient (Wildman–Crippen LogP) is 3.28. The smallest absolute Gasteiger partial charge is 0.243 e. The Kier molecular flexibility index (Phi) is 10.5. The molecule has 140 valence electrons. The number of amides is 1. The second kappa shape index (κ2) is 12.4. The highest BCUT2D eigenvalue weighted by atomic mass is 127. The van der Waals surface area contributed by atoms with Gasteiger partial charge in [-0.25, -0.2) is 0 Å². The van der Waals surface area contributed by atoms with Gasteiger partial charge in [-0.05, 0) is 50.3 Å². The molecule has 1 aliphatic carbocycles. The normalized spacial score (nSPS) is 13.7. The molecule has 6 heteroatoms. The Morgan fingerprint density at radius 1 is 1.31 bits per heavy atom. The predicted molar refractivity (Wildman–Crippen MR) is 119 cm³/mol. The number of terminal acetylenes is 1. The Bertz CT molecular complexity index is 691. The van der Waals surface area contributed by atoms with Gasteiger partial charge in [0, 0.05) is 24.8 Å². The number of allylic oxidation sites excluding steroid dienone is 1. The first kappa shape index (κ1) is 22.0. The fourth-order valence-corrected chi connectivity index (χ4v) is 2.75. The first-order valence-electron chi connectivity index (χ1n) is 8.70. The Balaban J connectivity index is 0.00000338. The van der Waals surface area contributed by atoms with Crippen LogP contribution in [0.5, 0.6) is 0 Å². The summed E-state index contributed by atoms with van der Waals surface area (Å²) < 4.78 is 0. The summed E-state index contributed by atoms with van der Waals surface area (Å²) in [5.74, 6) is 3.03. The van der Waals surface area contributed by atoms with Crippen LogP contribution in [0, 0.1) is 12.3 Å². The molecule has 0 atom stereocenters. The van der Waals surface area contributed by atoms with Crippen molar-refractivity contribution >= 4 is 41.5 Å². The minimum Gasteiger partial charge on any atom is -0.356 e. The SMILES string of the molecule is C#Cc1cccc(NC(=O)CNC(=NC)NCCC2=CCCCC2)c1.I. The van der Waals surface area contributed by atoms with Crippen LogP contribution in [0.4, 0.5) is 5.69 Å². The van der Waals surface area contributed by atoms with Gasteiger partial charge >= 0.3 is 0 Å². The van der Waals surface area contributed by atoms with E-state index in [0.717, 1.165) is 18.5 Å². The van der Waals surface area contributed by atoms with Crippen molar-refractivity contribution in [3.05, 3.63) is 41.5 Å². The monoisotopic (exact) mass is 466 g/mol. The van der Waals surface area contributed by atoms with Gasteiger partial charge in [0.25, 0.3) is 0 Å². The Morgan fingerprint density at radius 2 is 2.15 bits per heavy atom. The van der Waals surface area contributed by atoms with E-state index in [1.54, 1.807) is 13.1 Å². The number of nitrogens with zero attached hydrogens (tertiary/aromatic N) is 1. The standard InChI is InChI=1S/C20H26N4O.HI/c1-3-16-10-7-11-18(14-16)24-19(25)15-23-20(21-2)22-13-12-17-8-5-4-6-9-17;/h1,7-8,10-11,14H,4-6,9,12-13,15H2,2H3,(H,24,25)(H2,21,22,23);1H. The third-order valence-electron chi connectivity index (χ3n) is 4.08. The molecule has 3 N–H and O–H groups in total. The molecule has 0 saturated carbocycles. The zero-order valence-electron chi connectivity index (χ0n) is 15.2. The molecule has 0 radical (unpaired) electrons. The van der Waals surface area contributed by atoms with Gasteiger partial charge in [0.1, 0.15) is 0 Å². The van der Waals surface area contributed by atoms with Gasteiger partial charge in [0.05, 0.1) is 6.54 Å². The third-order valence-corrected chi connectivity index (χ3v) is 4.08. The lowest BCUT2D eigenvalue weighted by molar-refractivity contribution is -0.115. The molecular weight excluding hydrogens is 439 g/mol. The molecule has 0 aliphatic heterocycles. The highest BCUT2D eigenvalue weighted by molar-refractivity contribution is 14.0. The van der Waals surface area contributed by atoms with Crippen molar-refractivity contribution in [3.8, 4) is 12.3 Å². The number of guanidine groups is 1. The van der Waals surface area contributed by atoms with E-state index in [1.165, 1.54) is 31.3 Å². The summed E-state index contributed by atoms with van der Waals surface area (Å²) in [6, 6.07) is 7.21. The quantitative estimate of drug-likeness (QED) is 0.198. The average molecular weight is 466 g/mol. The van der Waals surface area contributed by atoms with Crippen molar-refractivity contribution in [2.75, 3.05) is 25.5 Å². The number of carbonyl (C=O) groups excluding carboxylic acids is 1. The van der Waals surface area contributed by atoms with Gasteiger partial charge in [-0.3, -0.25) is 9.79 Å². The second-order valence-electron chi connectivity index (χ2n) is 5.98. The zero-order chi connectivity index (χ0) is 17.9. The van der Waals surface area contributed by atoms with Crippen LogP contribution < -0.4 is 16.0 Å². The Hall–Kier alpha value is -2.01. The molecule has 1 aliphatic rings. The fourth-order valence-electron chi connectivity index (χ4n) is 2.75. The van der Waals surface area contributed by atoms with Crippen LogP contribution in [-0.4, -0.2) is 32.0 Å². The van der Waals surface area contributed by atoms with Crippen LogP contribution in [0.3, 0.4) is 0 Å². The van der Waals surface area contributed by atoms with Crippen LogP contribution in [0.1, 0.15) is 37.7 Å². The molecule has 0 saturated heterocycles. The summed E-state index contributed by atoms with van der Waals surface area (Å²) in [7, 11) is 1.70. The van der Waals surface area contributed by atoms with Gasteiger partial charge in [-0.15, -0.1) is 30.4 Å². The Labute approximate surface area is 173 Å². The molecule has 0 unspecified atom stereocenters. The van der Waals surface area contributed by atoms with Crippen LogP contribution >= 0.6 is 24.0 Å². The lowest BCUT2D eigenvalue weighted by Gasteiger charge is -2.15. The van der Waals surface area contributed by atoms with Gasteiger partial charge in [0.15, 0.2) is 5.96 Å². The van der Waals surface area contributed by atoms with Gasteiger partial charge < -0.3 is 16.0 Å². The number of hydrogen-bond donors (Lipinski definition) is 3. The zero-order valence-corrected chi connectivity index (χ0v) is 17.5. The van der Waals surface area contributed by atoms with Crippen molar-refractivity contribution in [2.45, 2.75) is 32.1 Å². The third kappa shape index (κ3) is 7.91. The summed E-state index contributed by atoms with van der Waals surface area (Å²) >= 11 is 0. The number of nitrogens with one attached hydrogen (secondary N) is 3. The second-order valence-corrected chi connectivity index (χ2v) is 5.98. The van der Waals surface area contributed by atoms with E-state index < -0.39 is 0 Å². The first-order valence-corrected chi connectivity index (χ1v) is 8.70. The van der Waals surface area contributed by atoms with Crippen molar-refractivity contribution in [1.29, 1.82) is 0 Å². The van der Waals surface area contributed by atoms with Crippen LogP contribution in [0.15, 0.2) is 40.9 Å². The van der Waals surface area contributed by atoms with Gasteiger partial charge in [-0.1, -0.05) is 23.6 Å². The number of hydrogen-bond acceptors (Lipinski definition) is 2. The summed E-state index contributed by atoms with van der Waals surface area (Å²) in [5.41, 5.74) is 2.94. The number of benzene rings is 1. The van der Waals surface area contributed by atoms with E-state index in [4.69, 9.17) is 6.42 Å². The summed E-state index contributed by atoms with van der Waals surface area (Å²) in [5, 5.41) is 9.08. The number of halogens is 1. The lowest BCUT2D eigenvalue weighted by Crippen LogP contribution is -2.41. The summed E-state index contributed by atoms with van der Waals surface area (Å²) in [6.07, 6.45) is 13.7. The summed E-state index contributed by atoms with van der Waals surface area (Å²) in [6.45, 7) is 0.958. The van der Waals surface area contributed by atoms with Crippen molar-refractivity contribution < 1.29 is 4.79 Å². The first-order chi connectivity index (χ1) is 12.2. The molecule has 1 aromatic rings. The van der Waals surface area contributed by atoms with Crippen molar-refractivity contribution in [3.63, 3.8) is 0 Å². The molecule has 1 aromatic carbocycles. The maximum absolute atomic E-state index is 12.0. The average Bonchev–Trinajstić information content (AvgIpc) is 2.65. The van der Waals surface area contributed by atoms with E-state index in [1.807, 2.05) is 18.2 Å². The fraction of sp³-hybridized carbons (Fsp3) is 0.400. The highest BCUT2D eigenvalue weighted by Gasteiger charge is 2.06. The van der Waals surface area contributed by atoms with Crippen molar-refractivity contribution in [1.82, 2.24) is 10.6 Å². The topological polar surface area (TPSA) is 65.5 Å². The molecule has 0 fully saturated rings. The molecule has 5 nitrogen and oxygen atoms in total. The van der Waals surface area contributed by atoms with Crippen LogP contribution in [0.25, 0.3) is 0 Å². The van der Waals surface area contributed by atoms with E-state index in [0.29, 0.717) is 11.6 Å². The van der Waals surface area contributed by atoms with Gasteiger partial charge in [-0.2, -0.15) is 0 Å². The lowest BCUT2D eigenvalue weighted by atomic mass is 9.97. The minimum atomic E-state index is -0.146. The molecule has 1 amide bonds. The molecular formula is C20H27IN4O. The largest absolute Gasteiger partial charge is 0.356 e. The molecule has 0 spiro atoms. The maximum atomic E-state index is 12.0. The maximum Gasteiger partial charge on any atom is 0.243 e. The summed E-state index contributed by atoms with van der Waals surface area (Å²) in [4.78, 5) is 16.2. The van der Waals surface area contributed by atoms with E-state index >= 15 is 0 Å².